The van der Waals surface area contributed by atoms with Gasteiger partial charge in [0.05, 0.1) is 20.6 Å². The Morgan fingerprint density at radius 1 is 0.955 bits per heavy atom. The lowest BCUT2D eigenvalue weighted by atomic mass is 10.1. The van der Waals surface area contributed by atoms with Gasteiger partial charge in [-0.1, -0.05) is 36.2 Å². The maximum absolute atomic E-state index is 14.2. The number of carbonyl (C=O) groups excluding carboxylic acids is 2. The van der Waals surface area contributed by atoms with Gasteiger partial charge in [-0.3, -0.25) is 13.9 Å². The first-order chi connectivity index (χ1) is 20.7. The molecule has 44 heavy (non-hydrogen) atoms. The van der Waals surface area contributed by atoms with E-state index in [0.717, 1.165) is 16.4 Å². The highest BCUT2D eigenvalue weighted by molar-refractivity contribution is 7.92. The molecule has 3 aromatic carbocycles. The lowest BCUT2D eigenvalue weighted by Gasteiger charge is -2.35. The van der Waals surface area contributed by atoms with Crippen LogP contribution in [0.1, 0.15) is 39.7 Å². The molecular weight excluding hydrogens is 632 g/mol. The van der Waals surface area contributed by atoms with Crippen LogP contribution in [0.15, 0.2) is 65.6 Å². The fraction of sp³-hybridized carbons (Fsp3) is 0.355. The largest absolute Gasteiger partial charge is 0.486 e. The summed E-state index contributed by atoms with van der Waals surface area (Å²) in [7, 11) is -4.41. The Bertz CT molecular complexity index is 1630. The van der Waals surface area contributed by atoms with Crippen molar-refractivity contribution in [1.82, 2.24) is 10.2 Å². The number of halogens is 3. The molecule has 0 radical (unpaired) electrons. The number of ether oxygens (including phenoxy) is 2. The molecule has 0 bridgehead atoms. The third kappa shape index (κ3) is 7.94. The summed E-state index contributed by atoms with van der Waals surface area (Å²) in [4.78, 5) is 28.8. The van der Waals surface area contributed by atoms with Crippen LogP contribution in [0.5, 0.6) is 11.5 Å². The standard InChI is InChI=1S/C31H34Cl2FN3O6S/c1-5-26(30(39)35-31(2,3)4)36(18-20-6-12-24(32)25(33)16-20)29(38)19-37(22-9-7-21(34)8-10-22)44(40,41)23-11-13-27-28(17-23)43-15-14-42-27/h6-13,16-17,26H,5,14-15,18-19H2,1-4H3,(H,35,39)/t26-/m1/s1. The molecule has 2 amide bonds. The van der Waals surface area contributed by atoms with Crippen LogP contribution < -0.4 is 19.1 Å². The highest BCUT2D eigenvalue weighted by Gasteiger charge is 2.35. The first-order valence-electron chi connectivity index (χ1n) is 13.9. The number of fused-ring (bicyclic) bond motifs is 1. The van der Waals surface area contributed by atoms with Crippen molar-refractivity contribution in [3.63, 3.8) is 0 Å². The van der Waals surface area contributed by atoms with E-state index < -0.39 is 45.8 Å². The van der Waals surface area contributed by atoms with Crippen molar-refractivity contribution in [2.45, 2.75) is 57.1 Å². The molecule has 3 aromatic rings. The van der Waals surface area contributed by atoms with Crippen LogP contribution in [-0.4, -0.2) is 56.5 Å². The molecule has 1 heterocycles. The Morgan fingerprint density at radius 2 is 1.61 bits per heavy atom. The average Bonchev–Trinajstić information content (AvgIpc) is 2.96. The first-order valence-corrected chi connectivity index (χ1v) is 16.1. The van der Waals surface area contributed by atoms with Gasteiger partial charge in [0.15, 0.2) is 11.5 Å². The maximum Gasteiger partial charge on any atom is 0.264 e. The van der Waals surface area contributed by atoms with Gasteiger partial charge in [-0.15, -0.1) is 0 Å². The van der Waals surface area contributed by atoms with Gasteiger partial charge in [0.1, 0.15) is 31.6 Å². The van der Waals surface area contributed by atoms with Gasteiger partial charge in [-0.2, -0.15) is 0 Å². The van der Waals surface area contributed by atoms with Crippen molar-refractivity contribution >= 4 is 50.7 Å². The zero-order valence-electron chi connectivity index (χ0n) is 24.8. The predicted octanol–water partition coefficient (Wildman–Crippen LogP) is 5.82. The van der Waals surface area contributed by atoms with Gasteiger partial charge in [0.25, 0.3) is 10.0 Å². The topological polar surface area (TPSA) is 105 Å². The second kappa shape index (κ2) is 13.6. The molecule has 1 N–H and O–H groups in total. The molecule has 4 rings (SSSR count). The minimum absolute atomic E-state index is 0.0521. The number of anilines is 1. The van der Waals surface area contributed by atoms with Gasteiger partial charge in [0, 0.05) is 18.2 Å². The molecule has 1 aliphatic rings. The molecule has 236 valence electrons. The Morgan fingerprint density at radius 3 is 2.23 bits per heavy atom. The van der Waals surface area contributed by atoms with Crippen molar-refractivity contribution < 1.29 is 31.9 Å². The molecular formula is C31H34Cl2FN3O6S. The highest BCUT2D eigenvalue weighted by Crippen LogP contribution is 2.34. The van der Waals surface area contributed by atoms with Crippen LogP contribution >= 0.6 is 23.2 Å². The molecule has 0 aliphatic carbocycles. The van der Waals surface area contributed by atoms with Crippen molar-refractivity contribution in [2.75, 3.05) is 24.1 Å². The Balaban J connectivity index is 1.76. The van der Waals surface area contributed by atoms with Crippen LogP contribution in [0.25, 0.3) is 0 Å². The summed E-state index contributed by atoms with van der Waals surface area (Å²) in [5.74, 6) is -1.02. The molecule has 0 saturated heterocycles. The summed E-state index contributed by atoms with van der Waals surface area (Å²) in [6.45, 7) is 7.03. The number of carbonyl (C=O) groups is 2. The molecule has 1 atom stereocenters. The molecule has 0 aromatic heterocycles. The zero-order chi connectivity index (χ0) is 32.2. The molecule has 0 unspecified atom stereocenters. The summed E-state index contributed by atoms with van der Waals surface area (Å²) in [5, 5.41) is 3.49. The van der Waals surface area contributed by atoms with Gasteiger partial charge < -0.3 is 19.7 Å². The van der Waals surface area contributed by atoms with E-state index in [0.29, 0.717) is 22.9 Å². The van der Waals surface area contributed by atoms with E-state index in [1.54, 1.807) is 25.1 Å². The van der Waals surface area contributed by atoms with Crippen LogP contribution in [0.3, 0.4) is 0 Å². The van der Waals surface area contributed by atoms with Crippen LogP contribution in [0.2, 0.25) is 10.0 Å². The van der Waals surface area contributed by atoms with Gasteiger partial charge in [-0.05, 0) is 81.3 Å². The van der Waals surface area contributed by atoms with Crippen molar-refractivity contribution in [2.24, 2.45) is 0 Å². The summed E-state index contributed by atoms with van der Waals surface area (Å²) in [6.07, 6.45) is 0.237. The number of rotatable bonds is 10. The predicted molar refractivity (Wildman–Crippen MR) is 167 cm³/mol. The van der Waals surface area contributed by atoms with Crippen LogP contribution in [0.4, 0.5) is 10.1 Å². The molecule has 13 heteroatoms. The quantitative estimate of drug-likeness (QED) is 0.293. The number of nitrogens with one attached hydrogen (secondary N) is 1. The Kier molecular flexibility index (Phi) is 10.3. The van der Waals surface area contributed by atoms with E-state index in [1.165, 1.54) is 35.2 Å². The second-order valence-electron chi connectivity index (χ2n) is 11.2. The fourth-order valence-corrected chi connectivity index (χ4v) is 6.41. The van der Waals surface area contributed by atoms with E-state index in [-0.39, 0.29) is 40.9 Å². The second-order valence-corrected chi connectivity index (χ2v) is 13.9. The third-order valence-electron chi connectivity index (χ3n) is 6.72. The van der Waals surface area contributed by atoms with Gasteiger partial charge >= 0.3 is 0 Å². The molecule has 0 spiro atoms. The van der Waals surface area contributed by atoms with Gasteiger partial charge in [-0.25, -0.2) is 12.8 Å². The summed E-state index contributed by atoms with van der Waals surface area (Å²) in [5.41, 5.74) is 0.0407. The van der Waals surface area contributed by atoms with E-state index in [2.05, 4.69) is 5.32 Å². The van der Waals surface area contributed by atoms with Crippen LogP contribution in [-0.2, 0) is 26.2 Å². The number of hydrogen-bond acceptors (Lipinski definition) is 6. The summed E-state index contributed by atoms with van der Waals surface area (Å²) in [6, 6.07) is 12.8. The van der Waals surface area contributed by atoms with E-state index >= 15 is 0 Å². The third-order valence-corrected chi connectivity index (χ3v) is 9.23. The van der Waals surface area contributed by atoms with E-state index in [4.69, 9.17) is 32.7 Å². The Labute approximate surface area is 266 Å². The minimum atomic E-state index is -4.41. The zero-order valence-corrected chi connectivity index (χ0v) is 27.1. The summed E-state index contributed by atoms with van der Waals surface area (Å²) >= 11 is 12.3. The minimum Gasteiger partial charge on any atom is -0.486 e. The lowest BCUT2D eigenvalue weighted by Crippen LogP contribution is -2.55. The van der Waals surface area contributed by atoms with Crippen LogP contribution in [0, 0.1) is 5.82 Å². The normalized spacial score (nSPS) is 13.6. The van der Waals surface area contributed by atoms with Gasteiger partial charge in [0.2, 0.25) is 11.8 Å². The Hall–Kier alpha value is -3.54. The monoisotopic (exact) mass is 665 g/mol. The number of amides is 2. The van der Waals surface area contributed by atoms with Crippen molar-refractivity contribution in [1.29, 1.82) is 0 Å². The van der Waals surface area contributed by atoms with Crippen molar-refractivity contribution in [3.05, 3.63) is 82.1 Å². The maximum atomic E-state index is 14.2. The average molecular weight is 667 g/mol. The first kappa shape index (κ1) is 33.4. The SMILES string of the molecule is CC[C@H](C(=O)NC(C)(C)C)N(Cc1ccc(Cl)c(Cl)c1)C(=O)CN(c1ccc(F)cc1)S(=O)(=O)c1ccc2c(c1)OCCO2. The number of sulfonamides is 1. The fourth-order valence-electron chi connectivity index (χ4n) is 4.65. The molecule has 9 nitrogen and oxygen atoms in total. The lowest BCUT2D eigenvalue weighted by molar-refractivity contribution is -0.141. The number of nitrogens with zero attached hydrogens (tertiary/aromatic N) is 2. The van der Waals surface area contributed by atoms with E-state index in [9.17, 15) is 22.4 Å². The number of hydrogen-bond donors (Lipinski definition) is 1. The van der Waals surface area contributed by atoms with E-state index in [1.807, 2.05) is 20.8 Å². The highest BCUT2D eigenvalue weighted by atomic mass is 35.5. The molecule has 1 aliphatic heterocycles. The molecule has 0 fully saturated rings. The van der Waals surface area contributed by atoms with Crippen molar-refractivity contribution in [3.8, 4) is 11.5 Å². The number of benzene rings is 3. The molecule has 0 saturated carbocycles. The smallest absolute Gasteiger partial charge is 0.264 e. The summed E-state index contributed by atoms with van der Waals surface area (Å²) < 4.78 is 54.1.